The number of carbonyl (C=O) groups is 1. The maximum Gasteiger partial charge on any atom is 0.361 e. The summed E-state index contributed by atoms with van der Waals surface area (Å²) in [4.78, 5) is 15.5. The van der Waals surface area contributed by atoms with Gasteiger partial charge in [-0.2, -0.15) is 0 Å². The lowest BCUT2D eigenvalue weighted by molar-refractivity contribution is 0.0513. The molecule has 0 spiro atoms. The Morgan fingerprint density at radius 3 is 3.06 bits per heavy atom. The second-order valence-corrected chi connectivity index (χ2v) is 3.93. The van der Waals surface area contributed by atoms with Crippen molar-refractivity contribution in [3.63, 3.8) is 0 Å². The van der Waals surface area contributed by atoms with E-state index in [4.69, 9.17) is 9.26 Å². The number of nitrogens with zero attached hydrogens (tertiary/aromatic N) is 2. The molecule has 6 heteroatoms. The molecule has 0 aliphatic carbocycles. The van der Waals surface area contributed by atoms with Crippen LogP contribution in [0.5, 0.6) is 0 Å². The maximum atomic E-state index is 11.5. The molecule has 0 radical (unpaired) electrons. The third-order valence-corrected chi connectivity index (χ3v) is 2.76. The fourth-order valence-electron chi connectivity index (χ4n) is 1.28. The molecule has 2 aromatic heterocycles. The van der Waals surface area contributed by atoms with Gasteiger partial charge in [0.2, 0.25) is 5.69 Å². The summed E-state index contributed by atoms with van der Waals surface area (Å²) in [6.45, 7) is 2.02. The summed E-state index contributed by atoms with van der Waals surface area (Å²) in [6, 6.07) is 3.58. The zero-order chi connectivity index (χ0) is 12.3. The molecule has 2 aromatic rings. The molecule has 2 heterocycles. The molecule has 0 atom stereocenters. The molecule has 0 fully saturated rings. The Morgan fingerprint density at radius 1 is 1.59 bits per heavy atom. The highest BCUT2D eigenvalue weighted by Gasteiger charge is 2.21. The second-order valence-electron chi connectivity index (χ2n) is 3.14. The molecule has 0 N–H and O–H groups in total. The first-order chi connectivity index (χ1) is 8.24. The summed E-state index contributed by atoms with van der Waals surface area (Å²) < 4.78 is 10.4. The van der Waals surface area contributed by atoms with Crippen LogP contribution < -0.4 is 0 Å². The number of hydrogen-bond acceptors (Lipinski definition) is 5. The van der Waals surface area contributed by atoms with Crippen molar-refractivity contribution in [2.45, 2.75) is 6.92 Å². The minimum Gasteiger partial charge on any atom is -0.461 e. The third kappa shape index (κ3) is 2.36. The molecule has 0 aromatic carbocycles. The molecule has 0 saturated heterocycles. The van der Waals surface area contributed by atoms with E-state index in [9.17, 15) is 4.79 Å². The maximum absolute atomic E-state index is 11.5. The Kier molecular flexibility index (Phi) is 3.53. The Bertz CT molecular complexity index is 525. The number of rotatable bonds is 3. The van der Waals surface area contributed by atoms with E-state index in [1.165, 1.54) is 0 Å². The molecule has 88 valence electrons. The van der Waals surface area contributed by atoms with Crippen LogP contribution in [0.15, 0.2) is 33.5 Å². The molecule has 2 rings (SSSR count). The standard InChI is InChI=1S/C11H9BrN2O3/c1-2-16-11(15)9-8(12)10(17-14-9)7-4-3-5-13-6-7/h3-6H,2H2,1H3. The lowest BCUT2D eigenvalue weighted by Crippen LogP contribution is -2.05. The fourth-order valence-corrected chi connectivity index (χ4v) is 1.82. The zero-order valence-electron chi connectivity index (χ0n) is 9.01. The lowest BCUT2D eigenvalue weighted by Gasteiger charge is -1.97. The fraction of sp³-hybridized carbons (Fsp3) is 0.182. The molecule has 0 amide bonds. The molecule has 0 aliphatic heterocycles. The SMILES string of the molecule is CCOC(=O)c1noc(-c2cccnc2)c1Br. The van der Waals surface area contributed by atoms with Gasteiger partial charge in [-0.3, -0.25) is 4.98 Å². The van der Waals surface area contributed by atoms with E-state index in [1.54, 1.807) is 25.4 Å². The van der Waals surface area contributed by atoms with Gasteiger partial charge in [0.05, 0.1) is 6.61 Å². The minimum absolute atomic E-state index is 0.130. The van der Waals surface area contributed by atoms with Gasteiger partial charge in [-0.25, -0.2) is 4.79 Å². The predicted octanol–water partition coefficient (Wildman–Crippen LogP) is 2.68. The summed E-state index contributed by atoms with van der Waals surface area (Å²) in [5.41, 5.74) is 0.869. The molecule has 0 aliphatic rings. The Morgan fingerprint density at radius 2 is 2.41 bits per heavy atom. The van der Waals surface area contributed by atoms with Crippen molar-refractivity contribution in [3.05, 3.63) is 34.7 Å². The summed E-state index contributed by atoms with van der Waals surface area (Å²) in [6.07, 6.45) is 3.28. The van der Waals surface area contributed by atoms with Crippen LogP contribution in [0, 0.1) is 0 Å². The van der Waals surface area contributed by atoms with E-state index in [0.29, 0.717) is 16.8 Å². The molecule has 0 saturated carbocycles. The third-order valence-electron chi connectivity index (χ3n) is 2.03. The molecule has 5 nitrogen and oxygen atoms in total. The largest absolute Gasteiger partial charge is 0.461 e. The number of halogens is 1. The summed E-state index contributed by atoms with van der Waals surface area (Å²) >= 11 is 3.27. The second kappa shape index (κ2) is 5.09. The number of ether oxygens (including phenoxy) is 1. The average molecular weight is 297 g/mol. The van der Waals surface area contributed by atoms with Crippen LogP contribution in [-0.4, -0.2) is 22.7 Å². The van der Waals surface area contributed by atoms with Gasteiger partial charge in [0.1, 0.15) is 4.47 Å². The average Bonchev–Trinajstić information content (AvgIpc) is 2.72. The lowest BCUT2D eigenvalue weighted by atomic mass is 10.2. The van der Waals surface area contributed by atoms with E-state index in [-0.39, 0.29) is 5.69 Å². The first-order valence-corrected chi connectivity index (χ1v) is 5.76. The Labute approximate surface area is 106 Å². The molecule has 0 unspecified atom stereocenters. The highest BCUT2D eigenvalue weighted by Crippen LogP contribution is 2.30. The van der Waals surface area contributed by atoms with Gasteiger partial charge in [-0.1, -0.05) is 5.16 Å². The number of aromatic nitrogens is 2. The van der Waals surface area contributed by atoms with Crippen molar-refractivity contribution in [3.8, 4) is 11.3 Å². The van der Waals surface area contributed by atoms with Crippen molar-refractivity contribution in [2.75, 3.05) is 6.61 Å². The van der Waals surface area contributed by atoms with Gasteiger partial charge < -0.3 is 9.26 Å². The quantitative estimate of drug-likeness (QED) is 0.815. The van der Waals surface area contributed by atoms with Crippen LogP contribution in [0.1, 0.15) is 17.4 Å². The normalized spacial score (nSPS) is 10.2. The van der Waals surface area contributed by atoms with Crippen LogP contribution >= 0.6 is 15.9 Å². The molecule has 0 bridgehead atoms. The van der Waals surface area contributed by atoms with Gasteiger partial charge in [-0.05, 0) is 35.0 Å². The van der Waals surface area contributed by atoms with E-state index in [0.717, 1.165) is 5.56 Å². The van der Waals surface area contributed by atoms with Crippen molar-refractivity contribution >= 4 is 21.9 Å². The van der Waals surface area contributed by atoms with Crippen molar-refractivity contribution in [1.82, 2.24) is 10.1 Å². The highest BCUT2D eigenvalue weighted by molar-refractivity contribution is 9.10. The van der Waals surface area contributed by atoms with E-state index < -0.39 is 5.97 Å². The van der Waals surface area contributed by atoms with Crippen molar-refractivity contribution in [1.29, 1.82) is 0 Å². The van der Waals surface area contributed by atoms with Crippen LogP contribution in [0.2, 0.25) is 0 Å². The monoisotopic (exact) mass is 296 g/mol. The van der Waals surface area contributed by atoms with Gasteiger partial charge in [0.15, 0.2) is 5.76 Å². The summed E-state index contributed by atoms with van der Waals surface area (Å²) in [7, 11) is 0. The highest BCUT2D eigenvalue weighted by atomic mass is 79.9. The molecular weight excluding hydrogens is 288 g/mol. The van der Waals surface area contributed by atoms with E-state index >= 15 is 0 Å². The summed E-state index contributed by atoms with van der Waals surface area (Å²) in [5.74, 6) is -0.0561. The number of esters is 1. The van der Waals surface area contributed by atoms with Crippen molar-refractivity contribution < 1.29 is 14.1 Å². The zero-order valence-corrected chi connectivity index (χ0v) is 10.6. The van der Waals surface area contributed by atoms with Gasteiger partial charge in [0.25, 0.3) is 0 Å². The van der Waals surface area contributed by atoms with Crippen LogP contribution in [0.4, 0.5) is 0 Å². The Balaban J connectivity index is 2.37. The minimum atomic E-state index is -0.515. The summed E-state index contributed by atoms with van der Waals surface area (Å²) in [5, 5.41) is 3.69. The van der Waals surface area contributed by atoms with Gasteiger partial charge in [-0.15, -0.1) is 0 Å². The van der Waals surface area contributed by atoms with Crippen LogP contribution in [-0.2, 0) is 4.74 Å². The van der Waals surface area contributed by atoms with E-state index in [2.05, 4.69) is 26.1 Å². The van der Waals surface area contributed by atoms with Crippen molar-refractivity contribution in [2.24, 2.45) is 0 Å². The van der Waals surface area contributed by atoms with Crippen LogP contribution in [0.3, 0.4) is 0 Å². The van der Waals surface area contributed by atoms with Gasteiger partial charge >= 0.3 is 5.97 Å². The number of hydrogen-bond donors (Lipinski definition) is 0. The topological polar surface area (TPSA) is 65.2 Å². The number of carbonyl (C=O) groups excluding carboxylic acids is 1. The van der Waals surface area contributed by atoms with Gasteiger partial charge in [0, 0.05) is 18.0 Å². The number of pyridine rings is 1. The Hall–Kier alpha value is -1.69. The smallest absolute Gasteiger partial charge is 0.361 e. The van der Waals surface area contributed by atoms with Crippen LogP contribution in [0.25, 0.3) is 11.3 Å². The predicted molar refractivity (Wildman–Crippen MR) is 63.4 cm³/mol. The first-order valence-electron chi connectivity index (χ1n) is 4.96. The first kappa shape index (κ1) is 11.8. The molecular formula is C11H9BrN2O3. The van der Waals surface area contributed by atoms with E-state index in [1.807, 2.05) is 6.07 Å². The molecule has 17 heavy (non-hydrogen) atoms.